The molecule has 1 saturated heterocycles. The van der Waals surface area contributed by atoms with Crippen LogP contribution in [0.25, 0.3) is 11.3 Å². The molecule has 1 aromatic carbocycles. The first-order valence-corrected chi connectivity index (χ1v) is 9.59. The van der Waals surface area contributed by atoms with E-state index in [1.54, 1.807) is 21.8 Å². The number of nitrogens with zero attached hydrogens (tertiary/aromatic N) is 5. The van der Waals surface area contributed by atoms with Gasteiger partial charge in [0.2, 0.25) is 0 Å². The summed E-state index contributed by atoms with van der Waals surface area (Å²) in [4.78, 5) is 15.3. The summed E-state index contributed by atoms with van der Waals surface area (Å²) in [7, 11) is 3.68. The summed E-state index contributed by atoms with van der Waals surface area (Å²) < 4.78 is 3.39. The molecule has 1 amide bonds. The van der Waals surface area contributed by atoms with Gasteiger partial charge < -0.3 is 5.32 Å². The second-order valence-corrected chi connectivity index (χ2v) is 7.65. The lowest BCUT2D eigenvalue weighted by atomic mass is 10.1. The molecule has 0 bridgehead atoms. The number of hydrogen-bond donors (Lipinski definition) is 1. The van der Waals surface area contributed by atoms with Crippen LogP contribution in [0.3, 0.4) is 0 Å². The molecular weight excluding hydrogens is 352 g/mol. The fraction of sp³-hybridized carbons (Fsp3) is 0.381. The highest BCUT2D eigenvalue weighted by Gasteiger charge is 2.26. The Hall–Kier alpha value is -2.93. The highest BCUT2D eigenvalue weighted by Crippen LogP contribution is 2.22. The maximum absolute atomic E-state index is 12.9. The zero-order chi connectivity index (χ0) is 19.7. The van der Waals surface area contributed by atoms with Crippen molar-refractivity contribution in [2.75, 3.05) is 13.1 Å². The molecule has 1 atom stereocenters. The average Bonchev–Trinajstić information content (AvgIpc) is 3.35. The summed E-state index contributed by atoms with van der Waals surface area (Å²) in [5, 5.41) is 11.8. The van der Waals surface area contributed by atoms with E-state index in [1.807, 2.05) is 20.3 Å². The van der Waals surface area contributed by atoms with E-state index in [1.165, 1.54) is 11.1 Å². The number of benzene rings is 1. The van der Waals surface area contributed by atoms with E-state index >= 15 is 0 Å². The van der Waals surface area contributed by atoms with E-state index in [0.717, 1.165) is 31.6 Å². The van der Waals surface area contributed by atoms with E-state index in [9.17, 15) is 4.79 Å². The third kappa shape index (κ3) is 3.99. The summed E-state index contributed by atoms with van der Waals surface area (Å²) in [5.74, 6) is -0.0747. The van der Waals surface area contributed by atoms with Gasteiger partial charge >= 0.3 is 0 Å². The number of hydrogen-bond acceptors (Lipinski definition) is 4. The normalized spacial score (nSPS) is 17.2. The minimum Gasteiger partial charge on any atom is -0.348 e. The molecule has 0 saturated carbocycles. The molecule has 1 N–H and O–H groups in total. The van der Waals surface area contributed by atoms with E-state index in [-0.39, 0.29) is 11.9 Å². The molecule has 146 valence electrons. The average molecular weight is 378 g/mol. The lowest BCUT2D eigenvalue weighted by Gasteiger charge is -2.17. The van der Waals surface area contributed by atoms with Crippen molar-refractivity contribution in [2.24, 2.45) is 14.1 Å². The second-order valence-electron chi connectivity index (χ2n) is 7.65. The molecule has 1 aliphatic rings. The van der Waals surface area contributed by atoms with Crippen LogP contribution in [0.5, 0.6) is 0 Å². The Morgan fingerprint density at radius 2 is 2.11 bits per heavy atom. The maximum atomic E-state index is 12.9. The third-order valence-corrected chi connectivity index (χ3v) is 5.15. The molecule has 28 heavy (non-hydrogen) atoms. The van der Waals surface area contributed by atoms with Crippen molar-refractivity contribution < 1.29 is 4.79 Å². The van der Waals surface area contributed by atoms with Gasteiger partial charge in [-0.25, -0.2) is 0 Å². The van der Waals surface area contributed by atoms with Crippen LogP contribution in [0.2, 0.25) is 0 Å². The van der Waals surface area contributed by atoms with Crippen molar-refractivity contribution in [2.45, 2.75) is 25.9 Å². The van der Waals surface area contributed by atoms with E-state index in [2.05, 4.69) is 51.6 Å². The molecule has 7 heteroatoms. The minimum atomic E-state index is -0.0747. The molecule has 0 aliphatic carbocycles. The molecule has 3 aromatic rings. The number of rotatable bonds is 5. The van der Waals surface area contributed by atoms with E-state index in [0.29, 0.717) is 11.3 Å². The molecule has 3 heterocycles. The summed E-state index contributed by atoms with van der Waals surface area (Å²) in [6.07, 6.45) is 6.34. The molecule has 7 nitrogen and oxygen atoms in total. The van der Waals surface area contributed by atoms with Crippen molar-refractivity contribution >= 4 is 5.91 Å². The Balaban J connectivity index is 1.41. The minimum absolute atomic E-state index is 0.0747. The van der Waals surface area contributed by atoms with Gasteiger partial charge in [-0.05, 0) is 18.9 Å². The number of nitrogens with one attached hydrogen (secondary N) is 1. The van der Waals surface area contributed by atoms with Gasteiger partial charge in [0.25, 0.3) is 5.91 Å². The molecule has 4 rings (SSSR count). The van der Waals surface area contributed by atoms with Crippen molar-refractivity contribution in [3.63, 3.8) is 0 Å². The molecule has 1 aliphatic heterocycles. The lowest BCUT2D eigenvalue weighted by molar-refractivity contribution is 0.0938. The van der Waals surface area contributed by atoms with Crippen LogP contribution < -0.4 is 5.32 Å². The van der Waals surface area contributed by atoms with Gasteiger partial charge in [-0.1, -0.05) is 29.8 Å². The fourth-order valence-electron chi connectivity index (χ4n) is 3.84. The molecule has 1 fully saturated rings. The summed E-state index contributed by atoms with van der Waals surface area (Å²) in [6, 6.07) is 8.75. The highest BCUT2D eigenvalue weighted by atomic mass is 16.1. The first-order valence-electron chi connectivity index (χ1n) is 9.59. The maximum Gasteiger partial charge on any atom is 0.255 e. The summed E-state index contributed by atoms with van der Waals surface area (Å²) >= 11 is 0. The third-order valence-electron chi connectivity index (χ3n) is 5.15. The van der Waals surface area contributed by atoms with Gasteiger partial charge in [0.05, 0.1) is 11.8 Å². The van der Waals surface area contributed by atoms with Crippen LogP contribution in [0.4, 0.5) is 0 Å². The fourth-order valence-corrected chi connectivity index (χ4v) is 3.84. The Labute approximate surface area is 165 Å². The van der Waals surface area contributed by atoms with Gasteiger partial charge in [-0.2, -0.15) is 10.2 Å². The monoisotopic (exact) mass is 378 g/mol. The Bertz CT molecular complexity index is 988. The number of amides is 1. The first kappa shape index (κ1) is 18.4. The quantitative estimate of drug-likeness (QED) is 0.739. The van der Waals surface area contributed by atoms with Crippen LogP contribution in [-0.4, -0.2) is 49.5 Å². The summed E-state index contributed by atoms with van der Waals surface area (Å²) in [5.41, 5.74) is 4.70. The van der Waals surface area contributed by atoms with Crippen LogP contribution >= 0.6 is 0 Å². The van der Waals surface area contributed by atoms with Crippen molar-refractivity contribution in [3.05, 3.63) is 59.5 Å². The van der Waals surface area contributed by atoms with Gasteiger partial charge in [0.1, 0.15) is 5.69 Å². The van der Waals surface area contributed by atoms with Gasteiger partial charge in [0.15, 0.2) is 0 Å². The Morgan fingerprint density at radius 3 is 2.86 bits per heavy atom. The largest absolute Gasteiger partial charge is 0.348 e. The molecule has 2 aromatic heterocycles. The van der Waals surface area contributed by atoms with E-state index < -0.39 is 0 Å². The zero-order valence-electron chi connectivity index (χ0n) is 16.6. The van der Waals surface area contributed by atoms with Gasteiger partial charge in [-0.15, -0.1) is 0 Å². The van der Waals surface area contributed by atoms with Gasteiger partial charge in [-0.3, -0.25) is 19.1 Å². The summed E-state index contributed by atoms with van der Waals surface area (Å²) in [6.45, 7) is 4.88. The van der Waals surface area contributed by atoms with Crippen molar-refractivity contribution in [1.29, 1.82) is 0 Å². The van der Waals surface area contributed by atoms with Crippen LogP contribution in [0.15, 0.2) is 42.9 Å². The molecule has 1 unspecified atom stereocenters. The van der Waals surface area contributed by atoms with Crippen molar-refractivity contribution in [3.8, 4) is 11.3 Å². The molecule has 0 radical (unpaired) electrons. The Kier molecular flexibility index (Phi) is 5.00. The highest BCUT2D eigenvalue weighted by molar-refractivity contribution is 5.99. The number of aryl methyl sites for hydroxylation is 3. The Morgan fingerprint density at radius 1 is 1.25 bits per heavy atom. The smallest absolute Gasteiger partial charge is 0.255 e. The predicted octanol–water partition coefficient (Wildman–Crippen LogP) is 2.13. The first-order chi connectivity index (χ1) is 13.5. The number of carbonyl (C=O) groups excluding carboxylic acids is 1. The van der Waals surface area contributed by atoms with Crippen LogP contribution in [0.1, 0.15) is 27.9 Å². The number of aromatic nitrogens is 4. The van der Waals surface area contributed by atoms with Crippen molar-refractivity contribution in [1.82, 2.24) is 29.8 Å². The number of likely N-dealkylation sites (tertiary alicyclic amines) is 1. The SMILES string of the molecule is Cc1cccc(CN2CCC(NC(=O)c3cn(C)nc3-c3cnn(C)c3)C2)c1. The van der Waals surface area contributed by atoms with Gasteiger partial charge in [0, 0.05) is 57.7 Å². The van der Waals surface area contributed by atoms with Crippen LogP contribution in [-0.2, 0) is 20.6 Å². The number of carbonyl (C=O) groups is 1. The predicted molar refractivity (Wildman–Crippen MR) is 108 cm³/mol. The van der Waals surface area contributed by atoms with E-state index in [4.69, 9.17) is 0 Å². The van der Waals surface area contributed by atoms with Crippen LogP contribution in [0, 0.1) is 6.92 Å². The standard InChI is InChI=1S/C21H26N6O/c1-15-5-4-6-16(9-15)11-27-8-7-18(13-27)23-21(28)19-14-26(3)24-20(19)17-10-22-25(2)12-17/h4-6,9-10,12,14,18H,7-8,11,13H2,1-3H3,(H,23,28). The zero-order valence-corrected chi connectivity index (χ0v) is 16.6. The topological polar surface area (TPSA) is 68.0 Å². The lowest BCUT2D eigenvalue weighted by Crippen LogP contribution is -2.37. The second kappa shape index (κ2) is 7.59. The molecular formula is C21H26N6O. The molecule has 0 spiro atoms.